The SMILES string of the molecule is C=C(CC(C)=O)c1c(C)nc(NC2CCCC2)n1Cc1ccc(C)cc1. The maximum atomic E-state index is 11.6. The second kappa shape index (κ2) is 7.90. The van der Waals surface area contributed by atoms with E-state index in [2.05, 4.69) is 47.7 Å². The fourth-order valence-corrected chi connectivity index (χ4v) is 3.80. The molecule has 4 heteroatoms. The molecule has 0 amide bonds. The number of rotatable bonds is 7. The number of nitrogens with zero attached hydrogens (tertiary/aromatic N) is 2. The van der Waals surface area contributed by atoms with Crippen molar-refractivity contribution in [2.75, 3.05) is 5.32 Å². The molecule has 0 spiro atoms. The second-order valence-corrected chi connectivity index (χ2v) is 7.55. The van der Waals surface area contributed by atoms with Crippen LogP contribution in [-0.4, -0.2) is 21.4 Å². The molecule has 1 N–H and O–H groups in total. The summed E-state index contributed by atoms with van der Waals surface area (Å²) >= 11 is 0. The minimum absolute atomic E-state index is 0.128. The first-order chi connectivity index (χ1) is 12.4. The molecule has 0 bridgehead atoms. The molecule has 138 valence electrons. The summed E-state index contributed by atoms with van der Waals surface area (Å²) in [7, 11) is 0. The summed E-state index contributed by atoms with van der Waals surface area (Å²) in [6, 6.07) is 9.06. The van der Waals surface area contributed by atoms with Gasteiger partial charge in [-0.25, -0.2) is 4.98 Å². The predicted molar refractivity (Wildman–Crippen MR) is 107 cm³/mol. The van der Waals surface area contributed by atoms with Crippen molar-refractivity contribution >= 4 is 17.3 Å². The molecule has 1 aromatic carbocycles. The van der Waals surface area contributed by atoms with Gasteiger partial charge in [0.2, 0.25) is 5.95 Å². The van der Waals surface area contributed by atoms with Gasteiger partial charge in [0.1, 0.15) is 5.78 Å². The van der Waals surface area contributed by atoms with Crippen LogP contribution in [0.1, 0.15) is 61.5 Å². The summed E-state index contributed by atoms with van der Waals surface area (Å²) in [5, 5.41) is 3.64. The van der Waals surface area contributed by atoms with Crippen LogP contribution < -0.4 is 5.32 Å². The van der Waals surface area contributed by atoms with E-state index in [4.69, 9.17) is 4.98 Å². The van der Waals surface area contributed by atoms with Gasteiger partial charge in [-0.1, -0.05) is 49.2 Å². The van der Waals surface area contributed by atoms with Crippen LogP contribution in [0.3, 0.4) is 0 Å². The van der Waals surface area contributed by atoms with Gasteiger partial charge in [0, 0.05) is 12.5 Å². The van der Waals surface area contributed by atoms with Gasteiger partial charge >= 0.3 is 0 Å². The molecule has 3 rings (SSSR count). The Bertz CT molecular complexity index is 796. The molecule has 1 saturated carbocycles. The Morgan fingerprint density at radius 3 is 2.50 bits per heavy atom. The third-order valence-corrected chi connectivity index (χ3v) is 5.09. The topological polar surface area (TPSA) is 46.9 Å². The van der Waals surface area contributed by atoms with Crippen LogP contribution in [0.25, 0.3) is 5.57 Å². The Kier molecular flexibility index (Phi) is 5.60. The van der Waals surface area contributed by atoms with Gasteiger partial charge in [-0.15, -0.1) is 0 Å². The first-order valence-corrected chi connectivity index (χ1v) is 9.51. The minimum Gasteiger partial charge on any atom is -0.353 e. The number of nitrogens with one attached hydrogen (secondary N) is 1. The lowest BCUT2D eigenvalue weighted by Gasteiger charge is -2.17. The van der Waals surface area contributed by atoms with Crippen molar-refractivity contribution in [3.05, 3.63) is 53.4 Å². The van der Waals surface area contributed by atoms with Crippen molar-refractivity contribution < 1.29 is 4.79 Å². The van der Waals surface area contributed by atoms with E-state index >= 15 is 0 Å². The molecule has 0 aliphatic heterocycles. The number of benzene rings is 1. The molecular formula is C22H29N3O. The standard InChI is InChI=1S/C22H29N3O/c1-15-9-11-19(12-10-15)14-25-21(16(2)13-17(3)26)18(4)23-22(25)24-20-7-5-6-8-20/h9-12,20H,2,5-8,13-14H2,1,3-4H3,(H,23,24). The molecule has 26 heavy (non-hydrogen) atoms. The zero-order valence-corrected chi connectivity index (χ0v) is 16.1. The van der Waals surface area contributed by atoms with Crippen molar-refractivity contribution in [3.63, 3.8) is 0 Å². The molecule has 1 aliphatic rings. The maximum Gasteiger partial charge on any atom is 0.204 e. The number of ketones is 1. The summed E-state index contributed by atoms with van der Waals surface area (Å²) in [6.45, 7) is 10.6. The number of hydrogen-bond acceptors (Lipinski definition) is 3. The first-order valence-electron chi connectivity index (χ1n) is 9.51. The van der Waals surface area contributed by atoms with E-state index in [9.17, 15) is 4.79 Å². The van der Waals surface area contributed by atoms with Gasteiger partial charge in [0.25, 0.3) is 0 Å². The average molecular weight is 351 g/mol. The predicted octanol–water partition coefficient (Wildman–Crippen LogP) is 4.90. The van der Waals surface area contributed by atoms with Crippen LogP contribution in [-0.2, 0) is 11.3 Å². The molecule has 1 heterocycles. The van der Waals surface area contributed by atoms with Crippen molar-refractivity contribution in [1.82, 2.24) is 9.55 Å². The smallest absolute Gasteiger partial charge is 0.204 e. The molecule has 1 fully saturated rings. The molecule has 1 aromatic heterocycles. The van der Waals surface area contributed by atoms with Gasteiger partial charge in [0.05, 0.1) is 17.9 Å². The van der Waals surface area contributed by atoms with Crippen LogP contribution >= 0.6 is 0 Å². The molecule has 0 saturated heterocycles. The monoisotopic (exact) mass is 351 g/mol. The largest absolute Gasteiger partial charge is 0.353 e. The van der Waals surface area contributed by atoms with Crippen LogP contribution in [0.5, 0.6) is 0 Å². The molecule has 0 unspecified atom stereocenters. The molecule has 0 radical (unpaired) electrons. The lowest BCUT2D eigenvalue weighted by Crippen LogP contribution is -2.19. The highest BCUT2D eigenvalue weighted by atomic mass is 16.1. The van der Waals surface area contributed by atoms with E-state index < -0.39 is 0 Å². The normalized spacial score (nSPS) is 14.6. The number of allylic oxidation sites excluding steroid dienone is 1. The highest BCUT2D eigenvalue weighted by Crippen LogP contribution is 2.28. The molecule has 2 aromatic rings. The maximum absolute atomic E-state index is 11.6. The van der Waals surface area contributed by atoms with Gasteiger partial charge in [-0.3, -0.25) is 4.79 Å². The van der Waals surface area contributed by atoms with E-state index in [1.54, 1.807) is 6.92 Å². The lowest BCUT2D eigenvalue weighted by molar-refractivity contribution is -0.116. The molecule has 1 aliphatic carbocycles. The Morgan fingerprint density at radius 2 is 1.88 bits per heavy atom. The molecule has 0 atom stereocenters. The third kappa shape index (κ3) is 4.24. The van der Waals surface area contributed by atoms with Crippen LogP contribution in [0.2, 0.25) is 0 Å². The van der Waals surface area contributed by atoms with E-state index in [0.717, 1.165) is 29.5 Å². The zero-order valence-electron chi connectivity index (χ0n) is 16.1. The van der Waals surface area contributed by atoms with Gasteiger partial charge in [0.15, 0.2) is 0 Å². The number of aryl methyl sites for hydroxylation is 2. The number of carbonyl (C=O) groups is 1. The Hall–Kier alpha value is -2.36. The van der Waals surface area contributed by atoms with Crippen molar-refractivity contribution in [3.8, 4) is 0 Å². The quantitative estimate of drug-likeness (QED) is 0.772. The summed E-state index contributed by atoms with van der Waals surface area (Å²) < 4.78 is 2.20. The van der Waals surface area contributed by atoms with E-state index in [0.29, 0.717) is 12.5 Å². The van der Waals surface area contributed by atoms with Gasteiger partial charge in [-0.05, 0) is 44.7 Å². The number of aromatic nitrogens is 2. The zero-order chi connectivity index (χ0) is 18.7. The fourth-order valence-electron chi connectivity index (χ4n) is 3.80. The Balaban J connectivity index is 1.96. The number of hydrogen-bond donors (Lipinski definition) is 1. The van der Waals surface area contributed by atoms with E-state index in [1.165, 1.54) is 36.8 Å². The van der Waals surface area contributed by atoms with E-state index in [-0.39, 0.29) is 5.78 Å². The number of anilines is 1. The van der Waals surface area contributed by atoms with Crippen LogP contribution in [0.4, 0.5) is 5.95 Å². The van der Waals surface area contributed by atoms with Crippen molar-refractivity contribution in [2.24, 2.45) is 0 Å². The average Bonchev–Trinajstić information content (AvgIpc) is 3.18. The van der Waals surface area contributed by atoms with Crippen molar-refractivity contribution in [2.45, 2.75) is 65.5 Å². The summed E-state index contributed by atoms with van der Waals surface area (Å²) in [4.78, 5) is 16.4. The summed E-state index contributed by atoms with van der Waals surface area (Å²) in [5.41, 5.74) is 5.24. The van der Waals surface area contributed by atoms with Crippen molar-refractivity contribution in [1.29, 1.82) is 0 Å². The molecular weight excluding hydrogens is 322 g/mol. The summed E-state index contributed by atoms with van der Waals surface area (Å²) in [6.07, 6.45) is 5.31. The Morgan fingerprint density at radius 1 is 1.23 bits per heavy atom. The number of imidazole rings is 1. The van der Waals surface area contributed by atoms with Crippen LogP contribution in [0, 0.1) is 13.8 Å². The van der Waals surface area contributed by atoms with Crippen LogP contribution in [0.15, 0.2) is 30.8 Å². The minimum atomic E-state index is 0.128. The Labute approximate surface area is 156 Å². The first kappa shape index (κ1) is 18.4. The summed E-state index contributed by atoms with van der Waals surface area (Å²) in [5.74, 6) is 1.03. The number of carbonyl (C=O) groups excluding carboxylic acids is 1. The lowest BCUT2D eigenvalue weighted by atomic mass is 10.1. The third-order valence-electron chi connectivity index (χ3n) is 5.09. The second-order valence-electron chi connectivity index (χ2n) is 7.55. The van der Waals surface area contributed by atoms with E-state index in [1.807, 2.05) is 6.92 Å². The molecule has 4 nitrogen and oxygen atoms in total. The van der Waals surface area contributed by atoms with Gasteiger partial charge < -0.3 is 9.88 Å². The highest BCUT2D eigenvalue weighted by molar-refractivity contribution is 5.88. The van der Waals surface area contributed by atoms with Gasteiger partial charge in [-0.2, -0.15) is 0 Å². The highest BCUT2D eigenvalue weighted by Gasteiger charge is 2.22. The number of Topliss-reactive ketones (excluding diaryl/α,β-unsaturated/α-hetero) is 1. The fraction of sp³-hybridized carbons (Fsp3) is 0.455.